The van der Waals surface area contributed by atoms with E-state index in [1.165, 1.54) is 12.1 Å². The van der Waals surface area contributed by atoms with Crippen LogP contribution in [0.1, 0.15) is 33.4 Å². The van der Waals surface area contributed by atoms with Gasteiger partial charge in [-0.2, -0.15) is 5.10 Å². The number of hydrogen-bond acceptors (Lipinski definition) is 5. The van der Waals surface area contributed by atoms with Crippen molar-refractivity contribution >= 4 is 23.3 Å². The predicted octanol–water partition coefficient (Wildman–Crippen LogP) is 4.60. The number of hydrogen-bond donors (Lipinski definition) is 3. The quantitative estimate of drug-likeness (QED) is 0.364. The average molecular weight is 494 g/mol. The summed E-state index contributed by atoms with van der Waals surface area (Å²) in [5, 5.41) is 17.3. The van der Waals surface area contributed by atoms with Gasteiger partial charge in [-0.15, -0.1) is 0 Å². The van der Waals surface area contributed by atoms with Crippen LogP contribution in [-0.4, -0.2) is 32.4 Å². The summed E-state index contributed by atoms with van der Waals surface area (Å²) >= 11 is 6.01. The lowest BCUT2D eigenvalue weighted by molar-refractivity contribution is 0.0912. The number of nitrogens with zero attached hydrogens (tertiary/aromatic N) is 3. The molecule has 0 aliphatic carbocycles. The number of rotatable bonds is 6. The summed E-state index contributed by atoms with van der Waals surface area (Å²) in [5.41, 5.74) is 11.2. The molecule has 35 heavy (non-hydrogen) atoms. The first-order valence-corrected chi connectivity index (χ1v) is 11.3. The number of pyridine rings is 1. The van der Waals surface area contributed by atoms with Gasteiger partial charge in [0.1, 0.15) is 11.6 Å². The van der Waals surface area contributed by atoms with E-state index >= 15 is 4.39 Å². The Morgan fingerprint density at radius 1 is 1.20 bits per heavy atom. The third kappa shape index (κ3) is 4.89. The van der Waals surface area contributed by atoms with Crippen molar-refractivity contribution in [3.63, 3.8) is 0 Å². The van der Waals surface area contributed by atoms with E-state index < -0.39 is 17.8 Å². The number of carbonyl (C=O) groups excluding carboxylic acids is 1. The molecule has 7 nitrogen and oxygen atoms in total. The lowest BCUT2D eigenvalue weighted by Gasteiger charge is -2.17. The van der Waals surface area contributed by atoms with E-state index in [-0.39, 0.29) is 18.0 Å². The molecule has 0 saturated heterocycles. The molecule has 1 amide bonds. The van der Waals surface area contributed by atoms with Gasteiger partial charge in [0.2, 0.25) is 0 Å². The van der Waals surface area contributed by atoms with Crippen LogP contribution >= 0.6 is 11.6 Å². The maximum Gasteiger partial charge on any atom is 0.254 e. The van der Waals surface area contributed by atoms with Gasteiger partial charge in [0, 0.05) is 40.7 Å². The number of halogens is 2. The minimum atomic E-state index is -0.734. The molecule has 0 fully saturated rings. The Hall–Kier alpha value is -3.75. The van der Waals surface area contributed by atoms with Crippen LogP contribution in [-0.2, 0) is 7.05 Å². The number of aliphatic hydroxyl groups is 1. The van der Waals surface area contributed by atoms with Crippen LogP contribution in [0, 0.1) is 19.7 Å². The van der Waals surface area contributed by atoms with Crippen molar-refractivity contribution in [2.75, 3.05) is 12.3 Å². The third-order valence-corrected chi connectivity index (χ3v) is 6.21. The van der Waals surface area contributed by atoms with Crippen molar-refractivity contribution in [1.82, 2.24) is 20.1 Å². The Bertz CT molecular complexity index is 1420. The van der Waals surface area contributed by atoms with E-state index in [0.29, 0.717) is 21.7 Å². The fourth-order valence-electron chi connectivity index (χ4n) is 4.10. The molecule has 0 radical (unpaired) electrons. The summed E-state index contributed by atoms with van der Waals surface area (Å²) in [5.74, 6) is -1.14. The smallest absolute Gasteiger partial charge is 0.254 e. The maximum absolute atomic E-state index is 15.1. The fraction of sp³-hybridized carbons (Fsp3) is 0.192. The first-order chi connectivity index (χ1) is 16.7. The third-order valence-electron chi connectivity index (χ3n) is 5.98. The van der Waals surface area contributed by atoms with Crippen molar-refractivity contribution in [2.45, 2.75) is 19.9 Å². The number of nitrogen functional groups attached to an aromatic ring is 1. The predicted molar refractivity (Wildman–Crippen MR) is 134 cm³/mol. The number of benzene rings is 2. The number of nitrogens with one attached hydrogen (secondary N) is 1. The van der Waals surface area contributed by atoms with Crippen molar-refractivity contribution in [3.05, 3.63) is 88.1 Å². The highest BCUT2D eigenvalue weighted by Gasteiger charge is 2.20. The minimum Gasteiger partial charge on any atom is -0.394 e. The topological polar surface area (TPSA) is 106 Å². The number of aromatic nitrogens is 3. The average Bonchev–Trinajstić information content (AvgIpc) is 3.08. The van der Waals surface area contributed by atoms with E-state index in [1.54, 1.807) is 41.2 Å². The van der Waals surface area contributed by atoms with Crippen LogP contribution < -0.4 is 11.1 Å². The Morgan fingerprint density at radius 2 is 1.97 bits per heavy atom. The Labute approximate surface area is 207 Å². The molecule has 180 valence electrons. The van der Waals surface area contributed by atoms with Gasteiger partial charge in [-0.1, -0.05) is 29.8 Å². The largest absolute Gasteiger partial charge is 0.394 e. The van der Waals surface area contributed by atoms with Crippen LogP contribution in [0.25, 0.3) is 22.3 Å². The molecule has 2 aromatic carbocycles. The van der Waals surface area contributed by atoms with Crippen molar-refractivity contribution in [2.24, 2.45) is 7.05 Å². The second kappa shape index (κ2) is 9.85. The zero-order chi connectivity index (χ0) is 25.3. The van der Waals surface area contributed by atoms with Crippen LogP contribution in [0.3, 0.4) is 0 Å². The van der Waals surface area contributed by atoms with Crippen molar-refractivity contribution < 1.29 is 14.3 Å². The van der Waals surface area contributed by atoms with Crippen LogP contribution in [0.4, 0.5) is 10.2 Å². The number of aliphatic hydroxyl groups excluding tert-OH is 1. The molecular formula is C26H25ClFN5O2. The zero-order valence-corrected chi connectivity index (χ0v) is 20.3. The summed E-state index contributed by atoms with van der Waals surface area (Å²) in [6.45, 7) is 3.50. The standard InChI is InChI=1S/C26H25ClFN5O2/c1-14-24(15(2)33(3)32-14)18-10-21(25(29)30-12-18)16-7-8-20(22(28)11-16)26(35)31-23(13-34)17-5-4-6-19(27)9-17/h4-12,23,34H,13H2,1-3H3,(H2,29,30)(H,31,35)/t23-/m1/s1. The second-order valence-electron chi connectivity index (χ2n) is 8.28. The maximum atomic E-state index is 15.1. The number of amides is 1. The zero-order valence-electron chi connectivity index (χ0n) is 19.5. The molecule has 0 aliphatic rings. The normalized spacial score (nSPS) is 11.9. The van der Waals surface area contributed by atoms with Crippen LogP contribution in [0.15, 0.2) is 54.7 Å². The lowest BCUT2D eigenvalue weighted by Crippen LogP contribution is -2.31. The molecule has 0 saturated carbocycles. The highest BCUT2D eigenvalue weighted by atomic mass is 35.5. The van der Waals surface area contributed by atoms with Gasteiger partial charge in [0.05, 0.1) is 23.9 Å². The summed E-state index contributed by atoms with van der Waals surface area (Å²) in [6.07, 6.45) is 1.67. The molecule has 9 heteroatoms. The Kier molecular flexibility index (Phi) is 6.86. The summed E-state index contributed by atoms with van der Waals surface area (Å²) in [7, 11) is 1.87. The molecule has 2 aromatic heterocycles. The number of nitrogens with two attached hydrogens (primary N) is 1. The number of anilines is 1. The van der Waals surface area contributed by atoms with E-state index in [4.69, 9.17) is 17.3 Å². The first-order valence-electron chi connectivity index (χ1n) is 10.9. The second-order valence-corrected chi connectivity index (χ2v) is 8.72. The van der Waals surface area contributed by atoms with Gasteiger partial charge in [-0.05, 0) is 55.3 Å². The van der Waals surface area contributed by atoms with Gasteiger partial charge in [0.15, 0.2) is 0 Å². The molecule has 0 bridgehead atoms. The Balaban J connectivity index is 1.63. The molecular weight excluding hydrogens is 469 g/mol. The number of aryl methyl sites for hydroxylation is 2. The van der Waals surface area contributed by atoms with E-state index in [1.807, 2.05) is 27.0 Å². The molecule has 0 unspecified atom stereocenters. The van der Waals surface area contributed by atoms with Crippen molar-refractivity contribution in [3.8, 4) is 22.3 Å². The summed E-state index contributed by atoms with van der Waals surface area (Å²) in [4.78, 5) is 17.1. The molecule has 0 spiro atoms. The van der Waals surface area contributed by atoms with Crippen LogP contribution in [0.5, 0.6) is 0 Å². The lowest BCUT2D eigenvalue weighted by atomic mass is 9.98. The highest BCUT2D eigenvalue weighted by Crippen LogP contribution is 2.33. The van der Waals surface area contributed by atoms with Crippen molar-refractivity contribution in [1.29, 1.82) is 0 Å². The molecule has 1 atom stereocenters. The van der Waals surface area contributed by atoms with Crippen LogP contribution in [0.2, 0.25) is 5.02 Å². The van der Waals surface area contributed by atoms with E-state index in [9.17, 15) is 9.90 Å². The molecule has 2 heterocycles. The Morgan fingerprint density at radius 3 is 2.60 bits per heavy atom. The summed E-state index contributed by atoms with van der Waals surface area (Å²) < 4.78 is 16.9. The SMILES string of the molecule is Cc1nn(C)c(C)c1-c1cnc(N)c(-c2ccc(C(=O)N[C@H](CO)c3cccc(Cl)c3)c(F)c2)c1. The highest BCUT2D eigenvalue weighted by molar-refractivity contribution is 6.30. The van der Waals surface area contributed by atoms with Gasteiger partial charge in [-0.3, -0.25) is 9.48 Å². The fourth-order valence-corrected chi connectivity index (χ4v) is 4.29. The van der Waals surface area contributed by atoms with Gasteiger partial charge in [0.25, 0.3) is 5.91 Å². The minimum absolute atomic E-state index is 0.157. The molecule has 4 aromatic rings. The monoisotopic (exact) mass is 493 g/mol. The van der Waals surface area contributed by atoms with E-state index in [2.05, 4.69) is 15.4 Å². The van der Waals surface area contributed by atoms with E-state index in [0.717, 1.165) is 22.5 Å². The molecule has 0 aliphatic heterocycles. The van der Waals surface area contributed by atoms with Gasteiger partial charge in [-0.25, -0.2) is 9.37 Å². The first kappa shape index (κ1) is 24.4. The molecule has 4 N–H and O–H groups in total. The van der Waals surface area contributed by atoms with Gasteiger partial charge < -0.3 is 16.2 Å². The molecule has 4 rings (SSSR count). The number of carbonyl (C=O) groups is 1. The summed E-state index contributed by atoms with van der Waals surface area (Å²) in [6, 6.07) is 12.1. The van der Waals surface area contributed by atoms with Gasteiger partial charge >= 0.3 is 0 Å².